The van der Waals surface area contributed by atoms with Crippen molar-refractivity contribution in [3.8, 4) is 0 Å². The summed E-state index contributed by atoms with van der Waals surface area (Å²) in [5, 5.41) is 0. The van der Waals surface area contributed by atoms with E-state index in [1.54, 1.807) is 13.8 Å². The summed E-state index contributed by atoms with van der Waals surface area (Å²) in [5.74, 6) is -0.659. The monoisotopic (exact) mass is 617 g/mol. The number of nitrogens with two attached hydrogens (primary N) is 1. The number of nitrogens with zero attached hydrogens (tertiary/aromatic N) is 4. The van der Waals surface area contributed by atoms with Gasteiger partial charge >= 0.3 is 11.9 Å². The molecule has 0 radical (unpaired) electrons. The molecule has 1 aliphatic rings. The third-order valence-corrected chi connectivity index (χ3v) is 7.03. The van der Waals surface area contributed by atoms with Crippen molar-refractivity contribution >= 4 is 29.2 Å². The molecule has 11 nitrogen and oxygen atoms in total. The molecule has 2 N–H and O–H groups in total. The van der Waals surface area contributed by atoms with Crippen molar-refractivity contribution in [1.82, 2.24) is 19.6 Å². The molecular weight excluding hydrogens is 562 g/mol. The van der Waals surface area contributed by atoms with Crippen molar-refractivity contribution in [1.29, 1.82) is 0 Å². The summed E-state index contributed by atoms with van der Waals surface area (Å²) in [6.07, 6.45) is 0.552. The van der Waals surface area contributed by atoms with E-state index in [4.69, 9.17) is 15.2 Å². The molecule has 1 aromatic carbocycles. The first-order valence-corrected chi connectivity index (χ1v) is 15.6. The van der Waals surface area contributed by atoms with Gasteiger partial charge in [0.1, 0.15) is 22.8 Å². The van der Waals surface area contributed by atoms with Gasteiger partial charge in [0.15, 0.2) is 0 Å². The Labute approximate surface area is 264 Å². The van der Waals surface area contributed by atoms with Crippen LogP contribution in [0.1, 0.15) is 61.0 Å². The standard InChI is InChI=1S/C33H55N5O6/c1-25(39)20-35-13-14-36(21-26(2)40)16-18-37(17-15-35)22-29(19-27-9-11-28(34)12-10-27)38(23-30(41)43-32(3,4)5)24-31(42)44-33(6,7)8/h9-12,29H,13-24,34H2,1-8H3. The zero-order valence-electron chi connectivity index (χ0n) is 28.2. The quantitative estimate of drug-likeness (QED) is 0.259. The fourth-order valence-corrected chi connectivity index (χ4v) is 5.24. The molecular formula is C33H55N5O6. The molecule has 1 aromatic rings. The maximum Gasteiger partial charge on any atom is 0.320 e. The molecule has 0 bridgehead atoms. The summed E-state index contributed by atoms with van der Waals surface area (Å²) in [4.78, 5) is 58.7. The highest BCUT2D eigenvalue weighted by Crippen LogP contribution is 2.17. The van der Waals surface area contributed by atoms with Crippen LogP contribution in [0.15, 0.2) is 24.3 Å². The predicted octanol–water partition coefficient (Wildman–Crippen LogP) is 2.26. The number of rotatable bonds is 13. The molecule has 1 unspecified atom stereocenters. The van der Waals surface area contributed by atoms with Crippen LogP contribution < -0.4 is 5.73 Å². The number of esters is 2. The number of ether oxygens (including phenoxy) is 2. The number of anilines is 1. The first-order chi connectivity index (χ1) is 20.4. The molecule has 11 heteroatoms. The maximum atomic E-state index is 13.1. The van der Waals surface area contributed by atoms with E-state index in [0.29, 0.717) is 71.0 Å². The van der Waals surface area contributed by atoms with E-state index < -0.39 is 23.1 Å². The molecule has 0 spiro atoms. The zero-order valence-corrected chi connectivity index (χ0v) is 28.2. The largest absolute Gasteiger partial charge is 0.459 e. The Kier molecular flexibility index (Phi) is 14.4. The average molecular weight is 618 g/mol. The summed E-state index contributed by atoms with van der Waals surface area (Å²) in [6.45, 7) is 19.3. The summed E-state index contributed by atoms with van der Waals surface area (Å²) in [5.41, 5.74) is 6.27. The number of hydrogen-bond donors (Lipinski definition) is 1. The lowest BCUT2D eigenvalue weighted by Crippen LogP contribution is -2.52. The van der Waals surface area contributed by atoms with Crippen LogP contribution in [0.3, 0.4) is 0 Å². The number of hydrogen-bond acceptors (Lipinski definition) is 11. The molecule has 1 heterocycles. The Bertz CT molecular complexity index is 1040. The molecule has 0 saturated carbocycles. The number of benzene rings is 1. The summed E-state index contributed by atoms with van der Waals surface area (Å²) < 4.78 is 11.3. The zero-order chi connectivity index (χ0) is 33.1. The lowest BCUT2D eigenvalue weighted by Gasteiger charge is -2.36. The molecule has 2 rings (SSSR count). The van der Waals surface area contributed by atoms with Gasteiger partial charge < -0.3 is 15.2 Å². The Morgan fingerprint density at radius 2 is 1.11 bits per heavy atom. The summed E-state index contributed by atoms with van der Waals surface area (Å²) in [6, 6.07) is 7.35. The second kappa shape index (κ2) is 17.0. The molecule has 1 aliphatic heterocycles. The lowest BCUT2D eigenvalue weighted by molar-refractivity contribution is -0.161. The van der Waals surface area contributed by atoms with Gasteiger partial charge in [0, 0.05) is 57.5 Å². The van der Waals surface area contributed by atoms with Crippen molar-refractivity contribution in [2.24, 2.45) is 0 Å². The van der Waals surface area contributed by atoms with Crippen LogP contribution in [-0.4, -0.2) is 132 Å². The summed E-state index contributed by atoms with van der Waals surface area (Å²) in [7, 11) is 0. The Morgan fingerprint density at radius 1 is 0.727 bits per heavy atom. The van der Waals surface area contributed by atoms with Crippen molar-refractivity contribution in [2.75, 3.05) is 77.7 Å². The third-order valence-electron chi connectivity index (χ3n) is 7.03. The van der Waals surface area contributed by atoms with Gasteiger partial charge in [0.25, 0.3) is 0 Å². The molecule has 44 heavy (non-hydrogen) atoms. The van der Waals surface area contributed by atoms with E-state index in [1.165, 1.54) is 0 Å². The van der Waals surface area contributed by atoms with Crippen LogP contribution in [0.4, 0.5) is 5.69 Å². The molecule has 0 aliphatic carbocycles. The van der Waals surface area contributed by atoms with Crippen molar-refractivity contribution in [3.05, 3.63) is 29.8 Å². The minimum absolute atomic E-state index is 0.0864. The van der Waals surface area contributed by atoms with Gasteiger partial charge in [0.2, 0.25) is 0 Å². The molecule has 0 aromatic heterocycles. The van der Waals surface area contributed by atoms with Gasteiger partial charge in [-0.1, -0.05) is 12.1 Å². The first kappa shape index (κ1) is 37.3. The fourth-order valence-electron chi connectivity index (χ4n) is 5.24. The van der Waals surface area contributed by atoms with Gasteiger partial charge in [-0.3, -0.25) is 38.8 Å². The van der Waals surface area contributed by atoms with E-state index in [1.807, 2.05) is 70.7 Å². The number of nitrogen functional groups attached to an aromatic ring is 1. The van der Waals surface area contributed by atoms with Crippen LogP contribution in [0.25, 0.3) is 0 Å². The Balaban J connectivity index is 2.43. The fraction of sp³-hybridized carbons (Fsp3) is 0.697. The predicted molar refractivity (Wildman–Crippen MR) is 172 cm³/mol. The third kappa shape index (κ3) is 15.7. The average Bonchev–Trinajstić information content (AvgIpc) is 2.93. The van der Waals surface area contributed by atoms with Crippen molar-refractivity contribution in [2.45, 2.75) is 79.1 Å². The van der Waals surface area contributed by atoms with E-state index in [2.05, 4.69) is 14.7 Å². The minimum Gasteiger partial charge on any atom is -0.459 e. The molecule has 1 fully saturated rings. The lowest BCUT2D eigenvalue weighted by atomic mass is 10.0. The minimum atomic E-state index is -0.678. The smallest absolute Gasteiger partial charge is 0.320 e. The van der Waals surface area contributed by atoms with Crippen LogP contribution in [0.2, 0.25) is 0 Å². The molecule has 1 saturated heterocycles. The second-order valence-electron chi connectivity index (χ2n) is 13.9. The van der Waals surface area contributed by atoms with Crippen LogP contribution in [0, 0.1) is 0 Å². The topological polar surface area (TPSA) is 126 Å². The molecule has 1 atom stereocenters. The first-order valence-electron chi connectivity index (χ1n) is 15.6. The number of carbonyl (C=O) groups is 4. The summed E-state index contributed by atoms with van der Waals surface area (Å²) >= 11 is 0. The van der Waals surface area contributed by atoms with Gasteiger partial charge in [-0.05, 0) is 79.5 Å². The molecule has 248 valence electrons. The van der Waals surface area contributed by atoms with E-state index in [-0.39, 0.29) is 30.7 Å². The Morgan fingerprint density at radius 3 is 1.48 bits per heavy atom. The second-order valence-corrected chi connectivity index (χ2v) is 13.9. The normalized spacial score (nSPS) is 16.9. The van der Waals surface area contributed by atoms with Gasteiger partial charge in [-0.25, -0.2) is 0 Å². The van der Waals surface area contributed by atoms with Crippen LogP contribution >= 0.6 is 0 Å². The number of carbonyl (C=O) groups excluding carboxylic acids is 4. The van der Waals surface area contributed by atoms with Gasteiger partial charge in [-0.2, -0.15) is 0 Å². The molecule has 0 amide bonds. The van der Waals surface area contributed by atoms with Crippen LogP contribution in [-0.2, 0) is 35.1 Å². The van der Waals surface area contributed by atoms with Gasteiger partial charge in [-0.15, -0.1) is 0 Å². The van der Waals surface area contributed by atoms with Gasteiger partial charge in [0.05, 0.1) is 26.2 Å². The number of ketones is 2. The van der Waals surface area contributed by atoms with E-state index in [0.717, 1.165) is 5.56 Å². The highest BCUT2D eigenvalue weighted by molar-refractivity contribution is 5.78. The van der Waals surface area contributed by atoms with Crippen molar-refractivity contribution < 1.29 is 28.7 Å². The highest BCUT2D eigenvalue weighted by atomic mass is 16.6. The highest BCUT2D eigenvalue weighted by Gasteiger charge is 2.30. The SMILES string of the molecule is CC(=O)CN1CCN(CC(C)=O)CCN(CC(Cc2ccc(N)cc2)N(CC(=O)OC(C)(C)C)CC(=O)OC(C)(C)C)CC1. The number of Topliss-reactive ketones (excluding diaryl/α,β-unsaturated/α-hetero) is 2. The van der Waals surface area contributed by atoms with Crippen LogP contribution in [0.5, 0.6) is 0 Å². The maximum absolute atomic E-state index is 13.1. The van der Waals surface area contributed by atoms with E-state index in [9.17, 15) is 19.2 Å². The van der Waals surface area contributed by atoms with Crippen molar-refractivity contribution in [3.63, 3.8) is 0 Å². The Hall–Kier alpha value is -2.86. The van der Waals surface area contributed by atoms with E-state index >= 15 is 0 Å².